The molecule has 2 fully saturated rings. The van der Waals surface area contributed by atoms with E-state index in [4.69, 9.17) is 5.73 Å². The number of nitrogens with zero attached hydrogens (tertiary/aromatic N) is 1. The van der Waals surface area contributed by atoms with Crippen LogP contribution in [-0.4, -0.2) is 16.0 Å². The van der Waals surface area contributed by atoms with E-state index >= 15 is 0 Å². The van der Waals surface area contributed by atoms with Crippen LogP contribution in [0, 0.1) is 16.7 Å². The van der Waals surface area contributed by atoms with Crippen LogP contribution in [0.1, 0.15) is 56.1 Å². The van der Waals surface area contributed by atoms with Crippen molar-refractivity contribution in [3.63, 3.8) is 0 Å². The molecule has 0 saturated heterocycles. The molecule has 1 heterocycles. The fraction of sp³-hybridized carbons (Fsp3) is 0.625. The summed E-state index contributed by atoms with van der Waals surface area (Å²) in [6.07, 6.45) is 4.37. The first kappa shape index (κ1) is 13.6. The molecule has 4 nitrogen and oxygen atoms in total. The summed E-state index contributed by atoms with van der Waals surface area (Å²) in [6.45, 7) is 6.56. The standard InChI is InChI=1S/C16H22N2O2/c1-14(2)10-6-7-15(14,3)16(20,9-10)12-11(13(17)19)5-4-8-18-12/h4-5,8,10,20H,6-7,9H2,1-3H3,(H2,17,19)/t10-,15-,16-/m1/s1. The van der Waals surface area contributed by atoms with Gasteiger partial charge in [0.1, 0.15) is 5.60 Å². The van der Waals surface area contributed by atoms with Gasteiger partial charge >= 0.3 is 0 Å². The van der Waals surface area contributed by atoms with Crippen LogP contribution in [0.5, 0.6) is 0 Å². The second-order valence-corrected chi connectivity index (χ2v) is 7.12. The van der Waals surface area contributed by atoms with Crippen molar-refractivity contribution < 1.29 is 9.90 Å². The third-order valence-corrected chi connectivity index (χ3v) is 6.36. The molecule has 0 unspecified atom stereocenters. The van der Waals surface area contributed by atoms with Crippen molar-refractivity contribution >= 4 is 5.91 Å². The first-order valence-electron chi connectivity index (χ1n) is 7.22. The summed E-state index contributed by atoms with van der Waals surface area (Å²) in [7, 11) is 0. The highest BCUT2D eigenvalue weighted by Gasteiger charge is 2.69. The van der Waals surface area contributed by atoms with Gasteiger partial charge in [0.25, 0.3) is 5.91 Å². The zero-order valence-corrected chi connectivity index (χ0v) is 12.3. The molecular formula is C16H22N2O2. The summed E-state index contributed by atoms with van der Waals surface area (Å²) in [4.78, 5) is 16.0. The Balaban J connectivity index is 2.19. The number of nitrogens with two attached hydrogens (primary N) is 1. The third-order valence-electron chi connectivity index (χ3n) is 6.36. The van der Waals surface area contributed by atoms with Crippen molar-refractivity contribution in [2.45, 2.75) is 45.6 Å². The zero-order chi connectivity index (χ0) is 14.8. The molecule has 4 heteroatoms. The normalized spacial score (nSPS) is 38.1. The average Bonchev–Trinajstić information content (AvgIpc) is 2.71. The number of aliphatic hydroxyl groups is 1. The summed E-state index contributed by atoms with van der Waals surface area (Å²) in [5, 5.41) is 11.4. The monoisotopic (exact) mass is 274 g/mol. The summed E-state index contributed by atoms with van der Waals surface area (Å²) < 4.78 is 0. The van der Waals surface area contributed by atoms with Gasteiger partial charge in [0.2, 0.25) is 0 Å². The lowest BCUT2D eigenvalue weighted by Crippen LogP contribution is -2.46. The topological polar surface area (TPSA) is 76.2 Å². The Morgan fingerprint density at radius 2 is 2.15 bits per heavy atom. The molecule has 3 N–H and O–H groups in total. The van der Waals surface area contributed by atoms with E-state index in [-0.39, 0.29) is 10.8 Å². The van der Waals surface area contributed by atoms with Crippen molar-refractivity contribution in [2.24, 2.45) is 22.5 Å². The molecule has 108 valence electrons. The molecule has 2 aliphatic rings. The van der Waals surface area contributed by atoms with Crippen molar-refractivity contribution in [2.75, 3.05) is 0 Å². The number of carbonyl (C=O) groups excluding carboxylic acids is 1. The SMILES string of the molecule is CC1(C)[C@@H]2CC[C@@]1(C)[C@](O)(c1ncccc1C(N)=O)C2. The van der Waals surface area contributed by atoms with E-state index in [1.165, 1.54) is 0 Å². The van der Waals surface area contributed by atoms with Crippen LogP contribution in [-0.2, 0) is 5.60 Å². The van der Waals surface area contributed by atoms with Gasteiger partial charge in [0, 0.05) is 11.6 Å². The number of aromatic nitrogens is 1. The number of carbonyl (C=O) groups is 1. The number of amides is 1. The van der Waals surface area contributed by atoms with Crippen LogP contribution >= 0.6 is 0 Å². The number of fused-ring (bicyclic) bond motifs is 2. The maximum Gasteiger partial charge on any atom is 0.250 e. The summed E-state index contributed by atoms with van der Waals surface area (Å²) >= 11 is 0. The first-order valence-corrected chi connectivity index (χ1v) is 7.22. The molecule has 2 bridgehead atoms. The van der Waals surface area contributed by atoms with Gasteiger partial charge in [-0.25, -0.2) is 0 Å². The second-order valence-electron chi connectivity index (χ2n) is 7.12. The van der Waals surface area contributed by atoms with Crippen molar-refractivity contribution in [1.82, 2.24) is 4.98 Å². The molecule has 20 heavy (non-hydrogen) atoms. The molecule has 2 saturated carbocycles. The predicted octanol–water partition coefficient (Wildman–Crippen LogP) is 2.21. The molecule has 2 aliphatic carbocycles. The van der Waals surface area contributed by atoms with E-state index in [1.807, 2.05) is 0 Å². The van der Waals surface area contributed by atoms with E-state index in [0.717, 1.165) is 12.8 Å². The molecule has 0 aromatic carbocycles. The minimum atomic E-state index is -1.06. The molecule has 0 radical (unpaired) electrons. The second kappa shape index (κ2) is 3.82. The van der Waals surface area contributed by atoms with Gasteiger partial charge in [0.05, 0.1) is 11.3 Å². The van der Waals surface area contributed by atoms with Crippen LogP contribution in [0.15, 0.2) is 18.3 Å². The van der Waals surface area contributed by atoms with Crippen LogP contribution < -0.4 is 5.73 Å². The molecule has 1 aromatic heterocycles. The quantitative estimate of drug-likeness (QED) is 0.868. The Morgan fingerprint density at radius 1 is 1.45 bits per heavy atom. The average molecular weight is 274 g/mol. The zero-order valence-electron chi connectivity index (χ0n) is 12.3. The minimum Gasteiger partial charge on any atom is -0.383 e. The molecule has 3 atom stereocenters. The van der Waals surface area contributed by atoms with Gasteiger partial charge in [-0.1, -0.05) is 20.8 Å². The van der Waals surface area contributed by atoms with E-state index in [2.05, 4.69) is 25.8 Å². The largest absolute Gasteiger partial charge is 0.383 e. The first-order chi connectivity index (χ1) is 9.24. The fourth-order valence-electron chi connectivity index (χ4n) is 4.57. The van der Waals surface area contributed by atoms with Crippen molar-refractivity contribution in [3.05, 3.63) is 29.6 Å². The summed E-state index contributed by atoms with van der Waals surface area (Å²) in [6, 6.07) is 3.35. The lowest BCUT2D eigenvalue weighted by atomic mass is 9.63. The maximum absolute atomic E-state index is 11.7. The highest BCUT2D eigenvalue weighted by molar-refractivity contribution is 5.94. The number of rotatable bonds is 2. The highest BCUT2D eigenvalue weighted by Crippen LogP contribution is 2.72. The molecule has 3 rings (SSSR count). The van der Waals surface area contributed by atoms with Crippen LogP contribution in [0.3, 0.4) is 0 Å². The van der Waals surface area contributed by atoms with Gasteiger partial charge in [-0.05, 0) is 42.7 Å². The van der Waals surface area contributed by atoms with E-state index < -0.39 is 11.5 Å². The lowest BCUT2D eigenvalue weighted by Gasteiger charge is -2.45. The summed E-state index contributed by atoms with van der Waals surface area (Å²) in [5.41, 5.74) is 4.97. The molecular weight excluding hydrogens is 252 g/mol. The number of hydrogen-bond donors (Lipinski definition) is 2. The predicted molar refractivity (Wildman–Crippen MR) is 75.9 cm³/mol. The minimum absolute atomic E-state index is 0.0359. The Kier molecular flexibility index (Phi) is 2.59. The van der Waals surface area contributed by atoms with Gasteiger partial charge in [-0.2, -0.15) is 0 Å². The Hall–Kier alpha value is -1.42. The molecule has 0 aliphatic heterocycles. The molecule has 1 amide bonds. The van der Waals surface area contributed by atoms with E-state index in [9.17, 15) is 9.90 Å². The summed E-state index contributed by atoms with van der Waals surface area (Å²) in [5.74, 6) is -0.0639. The van der Waals surface area contributed by atoms with Gasteiger partial charge in [-0.3, -0.25) is 9.78 Å². The maximum atomic E-state index is 11.7. The Bertz CT molecular complexity index is 584. The lowest BCUT2D eigenvalue weighted by molar-refractivity contribution is -0.0991. The van der Waals surface area contributed by atoms with E-state index in [1.54, 1.807) is 18.3 Å². The number of pyridine rings is 1. The van der Waals surface area contributed by atoms with Crippen LogP contribution in [0.2, 0.25) is 0 Å². The van der Waals surface area contributed by atoms with Gasteiger partial charge in [-0.15, -0.1) is 0 Å². The Morgan fingerprint density at radius 3 is 2.65 bits per heavy atom. The van der Waals surface area contributed by atoms with Gasteiger partial charge in [0.15, 0.2) is 0 Å². The van der Waals surface area contributed by atoms with Crippen LogP contribution in [0.25, 0.3) is 0 Å². The van der Waals surface area contributed by atoms with Crippen molar-refractivity contribution in [1.29, 1.82) is 0 Å². The van der Waals surface area contributed by atoms with Crippen molar-refractivity contribution in [3.8, 4) is 0 Å². The highest BCUT2D eigenvalue weighted by atomic mass is 16.3. The third kappa shape index (κ3) is 1.35. The smallest absolute Gasteiger partial charge is 0.250 e. The molecule has 1 aromatic rings. The number of hydrogen-bond acceptors (Lipinski definition) is 3. The number of primary amides is 1. The fourth-order valence-corrected chi connectivity index (χ4v) is 4.57. The van der Waals surface area contributed by atoms with Gasteiger partial charge < -0.3 is 10.8 Å². The van der Waals surface area contributed by atoms with E-state index in [0.29, 0.717) is 23.6 Å². The molecule has 0 spiro atoms. The Labute approximate surface area is 119 Å². The van der Waals surface area contributed by atoms with Crippen LogP contribution in [0.4, 0.5) is 0 Å².